The summed E-state index contributed by atoms with van der Waals surface area (Å²) in [7, 11) is 1.65. The molecule has 0 aromatic heterocycles. The molecule has 5 heteroatoms. The summed E-state index contributed by atoms with van der Waals surface area (Å²) in [6.45, 7) is 4.40. The first kappa shape index (κ1) is 14.7. The number of amides is 1. The van der Waals surface area contributed by atoms with E-state index in [1.165, 1.54) is 0 Å². The number of aryl methyl sites for hydroxylation is 1. The molecule has 0 unspecified atom stereocenters. The third-order valence-electron chi connectivity index (χ3n) is 3.20. The van der Waals surface area contributed by atoms with Gasteiger partial charge in [-0.2, -0.15) is 0 Å². The molecule has 1 heterocycles. The van der Waals surface area contributed by atoms with Crippen molar-refractivity contribution in [2.24, 2.45) is 0 Å². The first-order chi connectivity index (χ1) is 9.70. The average Bonchev–Trinajstić information content (AvgIpc) is 2.44. The zero-order valence-electron chi connectivity index (χ0n) is 12.0. The van der Waals surface area contributed by atoms with Crippen LogP contribution in [0.1, 0.15) is 17.5 Å². The Balaban J connectivity index is 1.93. The molecule has 0 radical (unpaired) electrons. The van der Waals surface area contributed by atoms with Gasteiger partial charge in [-0.25, -0.2) is 0 Å². The van der Waals surface area contributed by atoms with Crippen molar-refractivity contribution in [1.82, 2.24) is 5.32 Å². The highest BCUT2D eigenvalue weighted by atomic mass is 16.6. The number of hydrogen-bond acceptors (Lipinski definition) is 4. The highest BCUT2D eigenvalue weighted by Gasteiger charge is 2.15. The summed E-state index contributed by atoms with van der Waals surface area (Å²) in [6.07, 6.45) is 1.18. The van der Waals surface area contributed by atoms with E-state index in [1.807, 2.05) is 19.1 Å². The molecule has 1 aliphatic heterocycles. The summed E-state index contributed by atoms with van der Waals surface area (Å²) in [5.74, 6) is 1.50. The Bertz CT molecular complexity index is 473. The number of nitrogens with one attached hydrogen (secondary N) is 1. The van der Waals surface area contributed by atoms with Gasteiger partial charge in [0.15, 0.2) is 11.5 Å². The maximum atomic E-state index is 11.9. The second-order valence-corrected chi connectivity index (χ2v) is 4.80. The SMILES string of the molecule is COCCCNC(=O)Cc1cc2c(cc1C)OCCO2. The molecule has 1 aromatic carbocycles. The molecule has 0 fully saturated rings. The van der Waals surface area contributed by atoms with E-state index in [4.69, 9.17) is 14.2 Å². The topological polar surface area (TPSA) is 56.8 Å². The number of carbonyl (C=O) groups excluding carboxylic acids is 1. The smallest absolute Gasteiger partial charge is 0.224 e. The zero-order valence-corrected chi connectivity index (χ0v) is 12.0. The Kier molecular flexibility index (Phi) is 5.24. The first-order valence-electron chi connectivity index (χ1n) is 6.85. The van der Waals surface area contributed by atoms with Gasteiger partial charge in [0.05, 0.1) is 6.42 Å². The number of hydrogen-bond donors (Lipinski definition) is 1. The lowest BCUT2D eigenvalue weighted by Crippen LogP contribution is -2.27. The first-order valence-corrected chi connectivity index (χ1v) is 6.85. The second kappa shape index (κ2) is 7.14. The lowest BCUT2D eigenvalue weighted by atomic mass is 10.0. The molecular weight excluding hydrogens is 258 g/mol. The van der Waals surface area contributed by atoms with Gasteiger partial charge in [-0.05, 0) is 36.6 Å². The van der Waals surface area contributed by atoms with Gasteiger partial charge in [0.25, 0.3) is 0 Å². The monoisotopic (exact) mass is 279 g/mol. The molecule has 0 saturated heterocycles. The Morgan fingerprint density at radius 2 is 2.00 bits per heavy atom. The molecule has 1 aliphatic rings. The lowest BCUT2D eigenvalue weighted by Gasteiger charge is -2.20. The van der Waals surface area contributed by atoms with Crippen LogP contribution in [-0.2, 0) is 16.0 Å². The number of benzene rings is 1. The number of ether oxygens (including phenoxy) is 3. The van der Waals surface area contributed by atoms with E-state index in [1.54, 1.807) is 7.11 Å². The molecule has 0 spiro atoms. The number of rotatable bonds is 6. The van der Waals surface area contributed by atoms with Gasteiger partial charge in [-0.1, -0.05) is 0 Å². The van der Waals surface area contributed by atoms with Crippen LogP contribution < -0.4 is 14.8 Å². The zero-order chi connectivity index (χ0) is 14.4. The Morgan fingerprint density at radius 1 is 1.30 bits per heavy atom. The molecule has 1 amide bonds. The summed E-state index contributed by atoms with van der Waals surface area (Å²) in [5.41, 5.74) is 2.01. The summed E-state index contributed by atoms with van der Waals surface area (Å²) in [6, 6.07) is 3.83. The van der Waals surface area contributed by atoms with Crippen molar-refractivity contribution in [3.05, 3.63) is 23.3 Å². The fraction of sp³-hybridized carbons (Fsp3) is 0.533. The predicted molar refractivity (Wildman–Crippen MR) is 75.4 cm³/mol. The van der Waals surface area contributed by atoms with Crippen molar-refractivity contribution in [3.63, 3.8) is 0 Å². The van der Waals surface area contributed by atoms with Gasteiger partial charge < -0.3 is 19.5 Å². The fourth-order valence-electron chi connectivity index (χ4n) is 2.10. The molecule has 1 aromatic rings. The van der Waals surface area contributed by atoms with E-state index in [-0.39, 0.29) is 5.91 Å². The summed E-state index contributed by atoms with van der Waals surface area (Å²) in [5, 5.41) is 2.88. The predicted octanol–water partition coefficient (Wildman–Crippen LogP) is 1.46. The van der Waals surface area contributed by atoms with Gasteiger partial charge in [0, 0.05) is 20.3 Å². The fourth-order valence-corrected chi connectivity index (χ4v) is 2.10. The Labute approximate surface area is 119 Å². The molecule has 110 valence electrons. The van der Waals surface area contributed by atoms with E-state index >= 15 is 0 Å². The maximum absolute atomic E-state index is 11.9. The number of carbonyl (C=O) groups is 1. The molecule has 0 saturated carbocycles. The summed E-state index contributed by atoms with van der Waals surface area (Å²) >= 11 is 0. The van der Waals surface area contributed by atoms with Crippen LogP contribution in [0.3, 0.4) is 0 Å². The van der Waals surface area contributed by atoms with E-state index in [9.17, 15) is 4.79 Å². The van der Waals surface area contributed by atoms with Gasteiger partial charge in [-0.15, -0.1) is 0 Å². The maximum Gasteiger partial charge on any atom is 0.224 e. The van der Waals surface area contributed by atoms with Crippen LogP contribution in [0.2, 0.25) is 0 Å². The van der Waals surface area contributed by atoms with Gasteiger partial charge in [0.2, 0.25) is 5.91 Å². The van der Waals surface area contributed by atoms with E-state index in [0.29, 0.717) is 32.8 Å². The van der Waals surface area contributed by atoms with Crippen molar-refractivity contribution >= 4 is 5.91 Å². The van der Waals surface area contributed by atoms with Crippen LogP contribution in [-0.4, -0.2) is 39.4 Å². The summed E-state index contributed by atoms with van der Waals surface area (Å²) in [4.78, 5) is 11.9. The molecule has 1 N–H and O–H groups in total. The van der Waals surface area contributed by atoms with Crippen LogP contribution in [0.5, 0.6) is 11.5 Å². The van der Waals surface area contributed by atoms with Gasteiger partial charge >= 0.3 is 0 Å². The van der Waals surface area contributed by atoms with Gasteiger partial charge in [-0.3, -0.25) is 4.79 Å². The molecular formula is C15H21NO4. The lowest BCUT2D eigenvalue weighted by molar-refractivity contribution is -0.120. The van der Waals surface area contributed by atoms with E-state index < -0.39 is 0 Å². The van der Waals surface area contributed by atoms with Crippen molar-refractivity contribution in [3.8, 4) is 11.5 Å². The molecule has 5 nitrogen and oxygen atoms in total. The minimum Gasteiger partial charge on any atom is -0.486 e. The van der Waals surface area contributed by atoms with Crippen LogP contribution in [0.25, 0.3) is 0 Å². The minimum atomic E-state index is 0.0147. The van der Waals surface area contributed by atoms with Crippen molar-refractivity contribution < 1.29 is 19.0 Å². The quantitative estimate of drug-likeness (QED) is 0.801. The molecule has 0 atom stereocenters. The van der Waals surface area contributed by atoms with E-state index in [0.717, 1.165) is 29.0 Å². The Morgan fingerprint density at radius 3 is 2.70 bits per heavy atom. The van der Waals surface area contributed by atoms with Crippen LogP contribution in [0.4, 0.5) is 0 Å². The van der Waals surface area contributed by atoms with E-state index in [2.05, 4.69) is 5.32 Å². The molecule has 20 heavy (non-hydrogen) atoms. The number of methoxy groups -OCH3 is 1. The van der Waals surface area contributed by atoms with Crippen LogP contribution >= 0.6 is 0 Å². The number of fused-ring (bicyclic) bond motifs is 1. The van der Waals surface area contributed by atoms with Crippen molar-refractivity contribution in [2.75, 3.05) is 33.5 Å². The second-order valence-electron chi connectivity index (χ2n) is 4.80. The highest BCUT2D eigenvalue weighted by molar-refractivity contribution is 5.79. The molecule has 0 bridgehead atoms. The van der Waals surface area contributed by atoms with Crippen molar-refractivity contribution in [2.45, 2.75) is 19.8 Å². The molecule has 2 rings (SSSR count). The third kappa shape index (κ3) is 3.87. The highest BCUT2D eigenvalue weighted by Crippen LogP contribution is 2.33. The van der Waals surface area contributed by atoms with Crippen LogP contribution in [0, 0.1) is 6.92 Å². The largest absolute Gasteiger partial charge is 0.486 e. The van der Waals surface area contributed by atoms with Gasteiger partial charge in [0.1, 0.15) is 13.2 Å². The van der Waals surface area contributed by atoms with Crippen molar-refractivity contribution in [1.29, 1.82) is 0 Å². The molecule has 0 aliphatic carbocycles. The average molecular weight is 279 g/mol. The minimum absolute atomic E-state index is 0.0147. The normalized spacial score (nSPS) is 13.1. The summed E-state index contributed by atoms with van der Waals surface area (Å²) < 4.78 is 16.0. The van der Waals surface area contributed by atoms with Crippen LogP contribution in [0.15, 0.2) is 12.1 Å². The Hall–Kier alpha value is -1.75. The third-order valence-corrected chi connectivity index (χ3v) is 3.20. The standard InChI is InChI=1S/C15H21NO4/c1-11-8-13-14(20-7-6-19-13)9-12(11)10-15(17)16-4-3-5-18-2/h8-9H,3-7,10H2,1-2H3,(H,16,17).